The zero-order chi connectivity index (χ0) is 45.5. The van der Waals surface area contributed by atoms with Crippen molar-refractivity contribution in [2.24, 2.45) is 5.41 Å². The Hall–Kier alpha value is -5.22. The van der Waals surface area contributed by atoms with Crippen LogP contribution in [0.25, 0.3) is 55.7 Å². The second-order valence-corrected chi connectivity index (χ2v) is 13.5. The van der Waals surface area contributed by atoms with Gasteiger partial charge in [-0.05, 0) is 95.4 Å². The van der Waals surface area contributed by atoms with Crippen molar-refractivity contribution in [2.45, 2.75) is 54.1 Å². The van der Waals surface area contributed by atoms with Crippen LogP contribution in [0.3, 0.4) is 0 Å². The Bertz CT molecular complexity index is 2900. The quantitative estimate of drug-likeness (QED) is 0.156. The van der Waals surface area contributed by atoms with Gasteiger partial charge in [-0.15, -0.1) is 53.6 Å². The first-order chi connectivity index (χ1) is 29.5. The molecule has 0 unspecified atom stereocenters. The number of hydrogen-bond acceptors (Lipinski definition) is 4. The molecule has 4 nitrogen and oxygen atoms in total. The molecule has 267 valence electrons. The van der Waals surface area contributed by atoms with Crippen LogP contribution in [-0.4, -0.2) is 15.0 Å². The molecule has 1 radical (unpaired) electrons. The van der Waals surface area contributed by atoms with E-state index in [1.165, 1.54) is 12.1 Å². The van der Waals surface area contributed by atoms with E-state index in [1.54, 1.807) is 54.9 Å². The second-order valence-electron chi connectivity index (χ2n) is 13.5. The van der Waals surface area contributed by atoms with Crippen molar-refractivity contribution in [1.29, 1.82) is 0 Å². The molecule has 4 heterocycles. The molecule has 0 amide bonds. The number of fused-ring (bicyclic) bond motifs is 3. The Morgan fingerprint density at radius 3 is 2.28 bits per heavy atom. The average molecular weight is 881 g/mol. The summed E-state index contributed by atoms with van der Waals surface area (Å²) < 4.78 is 90.9. The summed E-state index contributed by atoms with van der Waals surface area (Å²) in [5.41, 5.74) is 7.93. The predicted octanol–water partition coefficient (Wildman–Crippen LogP) is 12.2. The molecular formula is C48H43IrN3O-2. The van der Waals surface area contributed by atoms with Crippen molar-refractivity contribution >= 4 is 22.1 Å². The van der Waals surface area contributed by atoms with Crippen molar-refractivity contribution in [3.05, 3.63) is 173 Å². The van der Waals surface area contributed by atoms with Crippen LogP contribution >= 0.6 is 0 Å². The molecule has 0 spiro atoms. The van der Waals surface area contributed by atoms with Crippen LogP contribution in [0.5, 0.6) is 0 Å². The summed E-state index contributed by atoms with van der Waals surface area (Å²) in [7, 11) is 0. The van der Waals surface area contributed by atoms with E-state index in [9.17, 15) is 0 Å². The van der Waals surface area contributed by atoms with Crippen molar-refractivity contribution in [3.63, 3.8) is 0 Å². The topological polar surface area (TPSA) is 51.8 Å². The molecule has 0 atom stereocenters. The first-order valence-corrected chi connectivity index (χ1v) is 16.9. The molecule has 0 fully saturated rings. The summed E-state index contributed by atoms with van der Waals surface area (Å²) in [6.45, 7) is -0.949. The van der Waals surface area contributed by atoms with Crippen molar-refractivity contribution in [2.75, 3.05) is 0 Å². The molecule has 8 rings (SSSR count). The minimum atomic E-state index is -2.32. The molecule has 4 aromatic heterocycles. The molecule has 8 aromatic rings. The van der Waals surface area contributed by atoms with Crippen molar-refractivity contribution < 1.29 is 39.6 Å². The van der Waals surface area contributed by atoms with Gasteiger partial charge in [-0.25, -0.2) is 4.98 Å². The molecule has 0 saturated heterocycles. The van der Waals surface area contributed by atoms with Gasteiger partial charge in [-0.2, -0.15) is 0 Å². The molecular weight excluding hydrogens is 827 g/mol. The summed E-state index contributed by atoms with van der Waals surface area (Å²) in [6, 6.07) is 39.9. The van der Waals surface area contributed by atoms with Gasteiger partial charge in [0.1, 0.15) is 0 Å². The van der Waals surface area contributed by atoms with Crippen LogP contribution in [0, 0.1) is 38.1 Å². The van der Waals surface area contributed by atoms with E-state index in [1.807, 2.05) is 81.4 Å². The first-order valence-electron chi connectivity index (χ1n) is 22.4. The normalized spacial score (nSPS) is 15.3. The third-order valence-electron chi connectivity index (χ3n) is 8.30. The minimum absolute atomic E-state index is 0. The van der Waals surface area contributed by atoms with E-state index < -0.39 is 32.3 Å². The molecule has 53 heavy (non-hydrogen) atoms. The first kappa shape index (κ1) is 25.7. The Kier molecular flexibility index (Phi) is 7.86. The van der Waals surface area contributed by atoms with Gasteiger partial charge in [0.05, 0.1) is 5.58 Å². The van der Waals surface area contributed by atoms with E-state index >= 15 is 0 Å². The minimum Gasteiger partial charge on any atom is -0.486 e. The molecule has 0 aliphatic rings. The monoisotopic (exact) mass is 881 g/mol. The Morgan fingerprint density at radius 1 is 0.698 bits per heavy atom. The zero-order valence-electron chi connectivity index (χ0n) is 40.4. The fourth-order valence-corrected chi connectivity index (χ4v) is 5.97. The largest absolute Gasteiger partial charge is 0.486 e. The molecule has 5 heteroatoms. The third kappa shape index (κ3) is 9.24. The van der Waals surface area contributed by atoms with Crippen LogP contribution in [0.1, 0.15) is 69.4 Å². The van der Waals surface area contributed by atoms with Gasteiger partial charge in [-0.1, -0.05) is 105 Å². The molecule has 0 saturated carbocycles. The zero-order valence-corrected chi connectivity index (χ0v) is 31.8. The van der Waals surface area contributed by atoms with Crippen molar-refractivity contribution in [3.8, 4) is 33.6 Å². The molecule has 4 aromatic carbocycles. The van der Waals surface area contributed by atoms with Gasteiger partial charge in [0.2, 0.25) is 5.71 Å². The number of benzene rings is 4. The number of furan rings is 1. The number of pyridine rings is 3. The van der Waals surface area contributed by atoms with E-state index in [0.717, 1.165) is 38.6 Å². The number of nitrogens with zero attached hydrogens (tertiary/aromatic N) is 3. The van der Waals surface area contributed by atoms with Gasteiger partial charge >= 0.3 is 0 Å². The number of hydrogen-bond donors (Lipinski definition) is 0. The standard InChI is InChI=1S/C25H19N2O.C23H24N.Ir/c1-16-5-3-6-18(13-16)14-19-11-12-26-23(15-19)22-8-4-7-20-21-10-9-17(2)27-25(21)28-24(20)22;1-17-5-9-20(10-6-17)22-15-21(13-14-24-22)19-11-7-18(8-12-19)16-23(2,3)4;/h3-7,9-13,15H,14H2,1-2H3;5-9,11-15H,16H2,1-4H3;/q2*-1;/i1D3,2D3;1D3,16D2;. The maximum Gasteiger partial charge on any atom is 0.216 e. The smallest absolute Gasteiger partial charge is 0.216 e. The third-order valence-corrected chi connectivity index (χ3v) is 8.30. The Balaban J connectivity index is 0.000000212. The van der Waals surface area contributed by atoms with E-state index in [0.29, 0.717) is 40.1 Å². The maximum absolute atomic E-state index is 8.41. The fourth-order valence-electron chi connectivity index (χ4n) is 5.97. The Labute approximate surface area is 342 Å². The van der Waals surface area contributed by atoms with Gasteiger partial charge in [0.15, 0.2) is 0 Å². The summed E-state index contributed by atoms with van der Waals surface area (Å²) in [6.07, 6.45) is 2.50. The molecule has 0 bridgehead atoms. The van der Waals surface area contributed by atoms with Crippen LogP contribution in [-0.2, 0) is 32.9 Å². The fraction of sp³-hybridized carbons (Fsp3) is 0.188. The molecule has 0 N–H and O–H groups in total. The number of rotatable bonds is 6. The summed E-state index contributed by atoms with van der Waals surface area (Å²) in [5.74, 6) is 0. The summed E-state index contributed by atoms with van der Waals surface area (Å²) in [5, 5.41) is 1.52. The van der Waals surface area contributed by atoms with Gasteiger partial charge in [0.25, 0.3) is 0 Å². The van der Waals surface area contributed by atoms with E-state index in [4.69, 9.17) is 19.5 Å². The number of aromatic nitrogens is 3. The Morgan fingerprint density at radius 2 is 1.51 bits per heavy atom. The SMILES string of the molecule is [2H]C([2H])([2H])c1c[c-]c(-c2cc(-c3ccc(C([2H])([2H])C(C)(C)C)cc3)ccn2)cc1.[2H]C([2H])([2H])c1cccc(Cc2ccnc(-c3[c-]ccc4c3oc3nc(C([2H])([2H])[2H])ccc34)c2)c1.[Ir]. The van der Waals surface area contributed by atoms with Crippen LogP contribution in [0.2, 0.25) is 0 Å². The average Bonchev–Trinajstić information content (AvgIpc) is 3.61. The van der Waals surface area contributed by atoms with Gasteiger partial charge < -0.3 is 14.4 Å². The van der Waals surface area contributed by atoms with Gasteiger partial charge in [-0.3, -0.25) is 0 Å². The number of aryl methyl sites for hydroxylation is 3. The van der Waals surface area contributed by atoms with Crippen LogP contribution in [0.4, 0.5) is 0 Å². The second kappa shape index (κ2) is 16.2. The summed E-state index contributed by atoms with van der Waals surface area (Å²) >= 11 is 0. The van der Waals surface area contributed by atoms with E-state index in [2.05, 4.69) is 27.1 Å². The van der Waals surface area contributed by atoms with Crippen LogP contribution in [0.15, 0.2) is 132 Å². The molecule has 0 aliphatic heterocycles. The summed E-state index contributed by atoms with van der Waals surface area (Å²) in [4.78, 5) is 13.1. The van der Waals surface area contributed by atoms with Gasteiger partial charge in [0, 0.05) is 58.7 Å². The molecule has 0 aliphatic carbocycles. The maximum atomic E-state index is 8.41. The van der Waals surface area contributed by atoms with Crippen LogP contribution < -0.4 is 0 Å². The predicted molar refractivity (Wildman–Crippen MR) is 214 cm³/mol. The van der Waals surface area contributed by atoms with Crippen molar-refractivity contribution in [1.82, 2.24) is 15.0 Å². The van der Waals surface area contributed by atoms with E-state index in [-0.39, 0.29) is 37.1 Å².